The third-order valence-electron chi connectivity index (χ3n) is 3.71. The number of fused-ring (bicyclic) bond motifs is 1. The van der Waals surface area contributed by atoms with Gasteiger partial charge in [-0.25, -0.2) is 0 Å². The largest absolute Gasteiger partial charge is 0.508 e. The van der Waals surface area contributed by atoms with Crippen LogP contribution in [0.5, 0.6) is 5.75 Å². The number of aromatic hydroxyl groups is 1. The number of hydrogen-bond donors (Lipinski definition) is 3. The fraction of sp³-hybridized carbons (Fsp3) is 0.412. The van der Waals surface area contributed by atoms with Crippen LogP contribution in [0.1, 0.15) is 25.8 Å². The summed E-state index contributed by atoms with van der Waals surface area (Å²) >= 11 is 0. The molecule has 0 aliphatic carbocycles. The van der Waals surface area contributed by atoms with E-state index in [0.29, 0.717) is 12.3 Å². The molecule has 0 aliphatic rings. The van der Waals surface area contributed by atoms with Crippen LogP contribution in [0.4, 0.5) is 0 Å². The van der Waals surface area contributed by atoms with E-state index in [1.807, 2.05) is 30.3 Å². The average molecular weight is 273 g/mol. The van der Waals surface area contributed by atoms with Crippen molar-refractivity contribution < 1.29 is 10.2 Å². The number of nitrogens with one attached hydrogen (secondary N) is 1. The molecule has 2 aromatic carbocycles. The first-order chi connectivity index (χ1) is 9.53. The maximum Gasteiger partial charge on any atom is 0.120 e. The molecule has 0 saturated heterocycles. The number of aliphatic hydroxyl groups excluding tert-OH is 1. The van der Waals surface area contributed by atoms with Crippen LogP contribution in [0.2, 0.25) is 0 Å². The van der Waals surface area contributed by atoms with Gasteiger partial charge in [0.15, 0.2) is 0 Å². The monoisotopic (exact) mass is 273 g/mol. The first kappa shape index (κ1) is 14.8. The van der Waals surface area contributed by atoms with E-state index < -0.39 is 0 Å². The van der Waals surface area contributed by atoms with Gasteiger partial charge in [-0.1, -0.05) is 44.2 Å². The highest BCUT2D eigenvalue weighted by molar-refractivity contribution is 5.87. The highest BCUT2D eigenvalue weighted by atomic mass is 16.3. The van der Waals surface area contributed by atoms with Crippen LogP contribution in [0.3, 0.4) is 0 Å². The van der Waals surface area contributed by atoms with Crippen LogP contribution in [-0.4, -0.2) is 23.4 Å². The molecule has 3 heteroatoms. The lowest BCUT2D eigenvalue weighted by Crippen LogP contribution is -2.30. The van der Waals surface area contributed by atoms with E-state index in [0.717, 1.165) is 29.3 Å². The van der Waals surface area contributed by atoms with Crippen LogP contribution in [0.25, 0.3) is 10.8 Å². The number of phenols is 1. The van der Waals surface area contributed by atoms with E-state index in [9.17, 15) is 5.11 Å². The fourth-order valence-corrected chi connectivity index (χ4v) is 2.43. The molecule has 0 radical (unpaired) electrons. The van der Waals surface area contributed by atoms with Gasteiger partial charge in [-0.3, -0.25) is 0 Å². The minimum absolute atomic E-state index is 0.0505. The molecule has 0 spiro atoms. The molecule has 20 heavy (non-hydrogen) atoms. The second-order valence-corrected chi connectivity index (χ2v) is 6.03. The Balaban J connectivity index is 2.12. The molecule has 0 atom stereocenters. The number of phenolic OH excluding ortho intramolecular Hbond substituents is 1. The SMILES string of the molecule is CC(C)(CCO)CNCc1c(O)ccc2ccccc12. The molecular weight excluding hydrogens is 250 g/mol. The first-order valence-corrected chi connectivity index (χ1v) is 7.05. The zero-order chi connectivity index (χ0) is 14.6. The zero-order valence-electron chi connectivity index (χ0n) is 12.2. The van der Waals surface area contributed by atoms with Crippen molar-refractivity contribution in [2.45, 2.75) is 26.8 Å². The Kier molecular flexibility index (Phi) is 4.63. The maximum absolute atomic E-state index is 10.1. The lowest BCUT2D eigenvalue weighted by atomic mass is 9.89. The van der Waals surface area contributed by atoms with Crippen LogP contribution < -0.4 is 5.32 Å². The van der Waals surface area contributed by atoms with Crippen molar-refractivity contribution in [2.75, 3.05) is 13.2 Å². The summed E-state index contributed by atoms with van der Waals surface area (Å²) < 4.78 is 0. The van der Waals surface area contributed by atoms with Crippen molar-refractivity contribution in [3.8, 4) is 5.75 Å². The summed E-state index contributed by atoms with van der Waals surface area (Å²) in [4.78, 5) is 0. The molecule has 0 heterocycles. The van der Waals surface area contributed by atoms with Gasteiger partial charge in [-0.2, -0.15) is 0 Å². The smallest absolute Gasteiger partial charge is 0.120 e. The molecule has 0 bridgehead atoms. The molecule has 2 rings (SSSR count). The minimum atomic E-state index is 0.0505. The summed E-state index contributed by atoms with van der Waals surface area (Å²) in [7, 11) is 0. The standard InChI is InChI=1S/C17H23NO2/c1-17(2,9-10-19)12-18-11-15-14-6-4-3-5-13(14)7-8-16(15)20/h3-8,18-20H,9-12H2,1-2H3. The third-order valence-corrected chi connectivity index (χ3v) is 3.71. The highest BCUT2D eigenvalue weighted by Gasteiger charge is 2.17. The summed E-state index contributed by atoms with van der Waals surface area (Å²) in [5.74, 6) is 0.330. The second kappa shape index (κ2) is 6.25. The normalized spacial score (nSPS) is 11.9. The predicted octanol–water partition coefficient (Wildman–Crippen LogP) is 3.04. The Hall–Kier alpha value is -1.58. The van der Waals surface area contributed by atoms with E-state index in [2.05, 4.69) is 19.2 Å². The fourth-order valence-electron chi connectivity index (χ4n) is 2.43. The number of benzene rings is 2. The maximum atomic E-state index is 10.1. The molecule has 0 saturated carbocycles. The molecule has 3 N–H and O–H groups in total. The molecule has 0 fully saturated rings. The van der Waals surface area contributed by atoms with Crippen LogP contribution in [-0.2, 0) is 6.54 Å². The van der Waals surface area contributed by atoms with Crippen molar-refractivity contribution in [1.82, 2.24) is 5.32 Å². The predicted molar refractivity (Wildman–Crippen MR) is 82.8 cm³/mol. The first-order valence-electron chi connectivity index (χ1n) is 7.05. The lowest BCUT2D eigenvalue weighted by Gasteiger charge is -2.24. The average Bonchev–Trinajstić information content (AvgIpc) is 2.41. The quantitative estimate of drug-likeness (QED) is 0.758. The molecule has 0 amide bonds. The molecule has 0 aliphatic heterocycles. The van der Waals surface area contributed by atoms with Crippen molar-refractivity contribution in [1.29, 1.82) is 0 Å². The molecule has 2 aromatic rings. The molecule has 0 aromatic heterocycles. The Bertz CT molecular complexity index is 578. The van der Waals surface area contributed by atoms with Crippen LogP contribution in [0.15, 0.2) is 36.4 Å². The third kappa shape index (κ3) is 3.50. The van der Waals surface area contributed by atoms with Gasteiger partial charge >= 0.3 is 0 Å². The summed E-state index contributed by atoms with van der Waals surface area (Å²) in [6.45, 7) is 5.88. The van der Waals surface area contributed by atoms with E-state index >= 15 is 0 Å². The number of hydrogen-bond acceptors (Lipinski definition) is 3. The second-order valence-electron chi connectivity index (χ2n) is 6.03. The van der Waals surface area contributed by atoms with Gasteiger partial charge in [0.2, 0.25) is 0 Å². The van der Waals surface area contributed by atoms with Gasteiger partial charge < -0.3 is 15.5 Å². The number of rotatable bonds is 6. The van der Waals surface area contributed by atoms with Crippen molar-refractivity contribution in [3.63, 3.8) is 0 Å². The molecule has 0 unspecified atom stereocenters. The summed E-state index contributed by atoms with van der Waals surface area (Å²) in [5, 5.41) is 24.7. The lowest BCUT2D eigenvalue weighted by molar-refractivity contribution is 0.207. The Morgan fingerprint density at radius 3 is 2.60 bits per heavy atom. The van der Waals surface area contributed by atoms with Gasteiger partial charge in [0.1, 0.15) is 5.75 Å². The van der Waals surface area contributed by atoms with Gasteiger partial charge in [0.25, 0.3) is 0 Å². The molecule has 108 valence electrons. The van der Waals surface area contributed by atoms with Gasteiger partial charge in [0, 0.05) is 25.3 Å². The van der Waals surface area contributed by atoms with Crippen LogP contribution in [0, 0.1) is 5.41 Å². The molecule has 3 nitrogen and oxygen atoms in total. The van der Waals surface area contributed by atoms with E-state index in [1.165, 1.54) is 0 Å². The van der Waals surface area contributed by atoms with Gasteiger partial charge in [-0.05, 0) is 28.7 Å². The van der Waals surface area contributed by atoms with Crippen molar-refractivity contribution >= 4 is 10.8 Å². The topological polar surface area (TPSA) is 52.5 Å². The van der Waals surface area contributed by atoms with E-state index in [4.69, 9.17) is 5.11 Å². The van der Waals surface area contributed by atoms with Gasteiger partial charge in [-0.15, -0.1) is 0 Å². The highest BCUT2D eigenvalue weighted by Crippen LogP contribution is 2.27. The Labute approximate surface area is 120 Å². The summed E-state index contributed by atoms with van der Waals surface area (Å²) in [6.07, 6.45) is 0.765. The van der Waals surface area contributed by atoms with Crippen molar-refractivity contribution in [3.05, 3.63) is 42.0 Å². The Morgan fingerprint density at radius 2 is 1.85 bits per heavy atom. The zero-order valence-corrected chi connectivity index (χ0v) is 12.2. The van der Waals surface area contributed by atoms with Crippen molar-refractivity contribution in [2.24, 2.45) is 5.41 Å². The van der Waals surface area contributed by atoms with Gasteiger partial charge in [0.05, 0.1) is 0 Å². The Morgan fingerprint density at radius 1 is 1.10 bits per heavy atom. The molecular formula is C17H23NO2. The summed E-state index contributed by atoms with van der Waals surface area (Å²) in [5.41, 5.74) is 0.984. The minimum Gasteiger partial charge on any atom is -0.508 e. The van der Waals surface area contributed by atoms with E-state index in [-0.39, 0.29) is 12.0 Å². The number of aliphatic hydroxyl groups is 1. The van der Waals surface area contributed by atoms with Crippen LogP contribution >= 0.6 is 0 Å². The summed E-state index contributed by atoms with van der Waals surface area (Å²) in [6, 6.07) is 11.8. The van der Waals surface area contributed by atoms with E-state index in [1.54, 1.807) is 6.07 Å².